The van der Waals surface area contributed by atoms with E-state index in [-0.39, 0.29) is 6.04 Å². The van der Waals surface area contributed by atoms with Crippen LogP contribution in [-0.4, -0.2) is 9.78 Å². The van der Waals surface area contributed by atoms with Gasteiger partial charge in [0.25, 0.3) is 0 Å². The first-order valence-corrected chi connectivity index (χ1v) is 7.65. The van der Waals surface area contributed by atoms with Crippen molar-refractivity contribution in [2.45, 2.75) is 25.8 Å². The van der Waals surface area contributed by atoms with Gasteiger partial charge in [0.2, 0.25) is 0 Å². The molecule has 1 atom stereocenters. The van der Waals surface area contributed by atoms with Gasteiger partial charge < -0.3 is 0 Å². The Labute approximate surface area is 132 Å². The van der Waals surface area contributed by atoms with Crippen molar-refractivity contribution in [1.29, 1.82) is 0 Å². The van der Waals surface area contributed by atoms with Crippen molar-refractivity contribution >= 4 is 27.5 Å². The summed E-state index contributed by atoms with van der Waals surface area (Å²) < 4.78 is 2.85. The van der Waals surface area contributed by atoms with Crippen molar-refractivity contribution < 1.29 is 0 Å². The minimum Gasteiger partial charge on any atom is -0.272 e. The maximum Gasteiger partial charge on any atom is 0.0624 e. The van der Waals surface area contributed by atoms with Gasteiger partial charge in [-0.05, 0) is 30.2 Å². The molecule has 0 saturated carbocycles. The Balaban J connectivity index is 2.26. The molecule has 0 aliphatic rings. The highest BCUT2D eigenvalue weighted by Crippen LogP contribution is 2.28. The fourth-order valence-electron chi connectivity index (χ4n) is 2.19. The fourth-order valence-corrected chi connectivity index (χ4v) is 2.99. The van der Waals surface area contributed by atoms with Crippen LogP contribution < -0.4 is 11.3 Å². The number of aryl methyl sites for hydroxylation is 2. The monoisotopic (exact) mass is 356 g/mol. The molecule has 4 nitrogen and oxygen atoms in total. The van der Waals surface area contributed by atoms with Crippen LogP contribution in [0.25, 0.3) is 0 Å². The number of halogens is 2. The molecule has 20 heavy (non-hydrogen) atoms. The van der Waals surface area contributed by atoms with Crippen molar-refractivity contribution in [3.8, 4) is 0 Å². The van der Waals surface area contributed by atoms with E-state index in [0.29, 0.717) is 5.02 Å². The molecule has 0 aliphatic heterocycles. The summed E-state index contributed by atoms with van der Waals surface area (Å²) in [6.45, 7) is 2.09. The van der Waals surface area contributed by atoms with Crippen molar-refractivity contribution in [3.63, 3.8) is 0 Å². The van der Waals surface area contributed by atoms with E-state index in [1.807, 2.05) is 29.9 Å². The lowest BCUT2D eigenvalue weighted by molar-refractivity contribution is 0.530. The summed E-state index contributed by atoms with van der Waals surface area (Å²) in [7, 11) is 1.95. The van der Waals surface area contributed by atoms with Crippen LogP contribution in [0.1, 0.15) is 29.9 Å². The summed E-state index contributed by atoms with van der Waals surface area (Å²) in [5, 5.41) is 5.15. The van der Waals surface area contributed by atoms with Crippen LogP contribution in [0.2, 0.25) is 5.02 Å². The SMILES string of the molecule is CCc1cc(CC(NN)c2ccc(Br)cc2Cl)n(C)n1. The Kier molecular flexibility index (Phi) is 5.21. The normalized spacial score (nSPS) is 12.7. The average Bonchev–Trinajstić information content (AvgIpc) is 2.77. The van der Waals surface area contributed by atoms with Crippen LogP contribution in [0.4, 0.5) is 0 Å². The average molecular weight is 358 g/mol. The maximum atomic E-state index is 6.29. The first-order valence-electron chi connectivity index (χ1n) is 6.48. The number of hydrazine groups is 1. The Hall–Kier alpha value is -0.880. The second-order valence-corrected chi connectivity index (χ2v) is 6.02. The van der Waals surface area contributed by atoms with Gasteiger partial charge in [-0.2, -0.15) is 5.10 Å². The van der Waals surface area contributed by atoms with Gasteiger partial charge >= 0.3 is 0 Å². The Morgan fingerprint density at radius 2 is 2.20 bits per heavy atom. The van der Waals surface area contributed by atoms with Gasteiger partial charge in [-0.1, -0.05) is 40.5 Å². The van der Waals surface area contributed by atoms with Crippen LogP contribution >= 0.6 is 27.5 Å². The molecule has 3 N–H and O–H groups in total. The number of benzene rings is 1. The Bertz CT molecular complexity index is 597. The quantitative estimate of drug-likeness (QED) is 0.638. The van der Waals surface area contributed by atoms with Crippen LogP contribution in [0.15, 0.2) is 28.7 Å². The Morgan fingerprint density at radius 1 is 1.45 bits per heavy atom. The summed E-state index contributed by atoms with van der Waals surface area (Å²) in [6, 6.07) is 7.88. The number of nitrogens with one attached hydrogen (secondary N) is 1. The number of aromatic nitrogens is 2. The first-order chi connectivity index (χ1) is 9.55. The van der Waals surface area contributed by atoms with Crippen LogP contribution in [0.3, 0.4) is 0 Å². The highest BCUT2D eigenvalue weighted by Gasteiger charge is 2.16. The molecule has 1 aromatic heterocycles. The zero-order valence-electron chi connectivity index (χ0n) is 11.5. The summed E-state index contributed by atoms with van der Waals surface area (Å²) in [4.78, 5) is 0. The van der Waals surface area contributed by atoms with E-state index in [9.17, 15) is 0 Å². The molecular formula is C14H18BrClN4. The molecule has 0 aliphatic carbocycles. The second-order valence-electron chi connectivity index (χ2n) is 4.69. The van der Waals surface area contributed by atoms with E-state index in [1.54, 1.807) is 0 Å². The first kappa shape index (κ1) is 15.5. The van der Waals surface area contributed by atoms with Crippen LogP contribution in [0.5, 0.6) is 0 Å². The Morgan fingerprint density at radius 3 is 2.75 bits per heavy atom. The molecular weight excluding hydrogens is 340 g/mol. The summed E-state index contributed by atoms with van der Waals surface area (Å²) in [5.41, 5.74) is 6.04. The molecule has 2 rings (SSSR count). The highest BCUT2D eigenvalue weighted by molar-refractivity contribution is 9.10. The fraction of sp³-hybridized carbons (Fsp3) is 0.357. The molecule has 1 heterocycles. The molecule has 108 valence electrons. The minimum absolute atomic E-state index is 0.0456. The number of nitrogens with zero attached hydrogens (tertiary/aromatic N) is 2. The molecule has 1 aromatic carbocycles. The highest BCUT2D eigenvalue weighted by atomic mass is 79.9. The number of hydrogen-bond donors (Lipinski definition) is 2. The molecule has 1 unspecified atom stereocenters. The van der Waals surface area contributed by atoms with Gasteiger partial charge in [-0.15, -0.1) is 0 Å². The van der Waals surface area contributed by atoms with Crippen LogP contribution in [-0.2, 0) is 19.9 Å². The summed E-state index contributed by atoms with van der Waals surface area (Å²) in [5.74, 6) is 5.70. The van der Waals surface area contributed by atoms with E-state index >= 15 is 0 Å². The van der Waals surface area contributed by atoms with Crippen molar-refractivity contribution in [2.75, 3.05) is 0 Å². The zero-order chi connectivity index (χ0) is 14.7. The predicted molar refractivity (Wildman–Crippen MR) is 85.5 cm³/mol. The third kappa shape index (κ3) is 3.41. The van der Waals surface area contributed by atoms with Gasteiger partial charge in [-0.3, -0.25) is 16.0 Å². The van der Waals surface area contributed by atoms with Crippen molar-refractivity contribution in [1.82, 2.24) is 15.2 Å². The molecule has 0 radical (unpaired) electrons. The summed E-state index contributed by atoms with van der Waals surface area (Å²) in [6.07, 6.45) is 1.66. The molecule has 0 fully saturated rings. The van der Waals surface area contributed by atoms with Gasteiger partial charge in [0.1, 0.15) is 0 Å². The molecule has 6 heteroatoms. The predicted octanol–water partition coefficient (Wildman–Crippen LogP) is 3.15. The van der Waals surface area contributed by atoms with Crippen molar-refractivity contribution in [3.05, 3.63) is 50.7 Å². The van der Waals surface area contributed by atoms with E-state index in [0.717, 1.165) is 34.3 Å². The summed E-state index contributed by atoms with van der Waals surface area (Å²) >= 11 is 9.70. The number of rotatable bonds is 5. The molecule has 0 spiro atoms. The van der Waals surface area contributed by atoms with Gasteiger partial charge in [-0.25, -0.2) is 0 Å². The topological polar surface area (TPSA) is 55.9 Å². The third-order valence-corrected chi connectivity index (χ3v) is 4.16. The van der Waals surface area contributed by atoms with E-state index < -0.39 is 0 Å². The molecule has 2 aromatic rings. The minimum atomic E-state index is -0.0456. The lowest BCUT2D eigenvalue weighted by atomic mass is 10.0. The van der Waals surface area contributed by atoms with Gasteiger partial charge in [0, 0.05) is 28.7 Å². The van der Waals surface area contributed by atoms with E-state index in [2.05, 4.69) is 39.4 Å². The van der Waals surface area contributed by atoms with E-state index in [4.69, 9.17) is 17.4 Å². The van der Waals surface area contributed by atoms with Gasteiger partial charge in [0.15, 0.2) is 0 Å². The lowest BCUT2D eigenvalue weighted by Crippen LogP contribution is -2.30. The largest absolute Gasteiger partial charge is 0.272 e. The number of nitrogens with two attached hydrogens (primary N) is 1. The van der Waals surface area contributed by atoms with Crippen LogP contribution in [0, 0.1) is 0 Å². The third-order valence-electron chi connectivity index (χ3n) is 3.34. The smallest absolute Gasteiger partial charge is 0.0624 e. The maximum absolute atomic E-state index is 6.29. The van der Waals surface area contributed by atoms with Crippen molar-refractivity contribution in [2.24, 2.45) is 12.9 Å². The van der Waals surface area contributed by atoms with Gasteiger partial charge in [0.05, 0.1) is 11.7 Å². The zero-order valence-corrected chi connectivity index (χ0v) is 13.9. The van der Waals surface area contributed by atoms with E-state index in [1.165, 1.54) is 0 Å². The molecule has 0 amide bonds. The second kappa shape index (κ2) is 6.72. The molecule has 0 saturated heterocycles. The molecule has 0 bridgehead atoms. The lowest BCUT2D eigenvalue weighted by Gasteiger charge is -2.18. The number of hydrogen-bond acceptors (Lipinski definition) is 3. The standard InChI is InChI=1S/C14H18BrClN4/c1-3-10-7-11(20(2)19-10)8-14(18-17)12-5-4-9(15)6-13(12)16/h4-7,14,18H,3,8,17H2,1-2H3.